The normalized spacial score (nSPS) is 27.1. The molecule has 1 aliphatic rings. The summed E-state index contributed by atoms with van der Waals surface area (Å²) < 4.78 is 0. The fourth-order valence-corrected chi connectivity index (χ4v) is 2.42. The quantitative estimate of drug-likeness (QED) is 0.773. The summed E-state index contributed by atoms with van der Waals surface area (Å²) in [5.41, 5.74) is 0. The number of hydrogen-bond acceptors (Lipinski definition) is 2. The molecule has 0 radical (unpaired) electrons. The zero-order valence-corrected chi connectivity index (χ0v) is 10.6. The number of hydrogen-bond donors (Lipinski definition) is 1. The number of rotatable bonds is 4. The highest BCUT2D eigenvalue weighted by Gasteiger charge is 2.40. The zero-order chi connectivity index (χ0) is 11.6. The van der Waals surface area contributed by atoms with Crippen LogP contribution in [-0.4, -0.2) is 29.1 Å². The lowest BCUT2D eigenvalue weighted by Gasteiger charge is -2.29. The van der Waals surface area contributed by atoms with Crippen molar-refractivity contribution in [3.8, 4) is 0 Å². The van der Waals surface area contributed by atoms with Gasteiger partial charge in [0.25, 0.3) is 0 Å². The van der Waals surface area contributed by atoms with Gasteiger partial charge in [-0.3, -0.25) is 10.1 Å². The molecule has 0 spiro atoms. The van der Waals surface area contributed by atoms with Crippen LogP contribution in [0.5, 0.6) is 0 Å². The zero-order valence-electron chi connectivity index (χ0n) is 10.6. The Kier molecular flexibility index (Phi) is 4.14. The van der Waals surface area contributed by atoms with Crippen LogP contribution in [-0.2, 0) is 4.79 Å². The second-order valence-corrected chi connectivity index (χ2v) is 4.78. The smallest absolute Gasteiger partial charge is 0.241 e. The molecule has 15 heavy (non-hydrogen) atoms. The number of carbonyl (C=O) groups excluding carboxylic acids is 1. The fourth-order valence-electron chi connectivity index (χ4n) is 2.42. The molecule has 2 unspecified atom stereocenters. The van der Waals surface area contributed by atoms with Crippen molar-refractivity contribution in [1.82, 2.24) is 10.2 Å². The van der Waals surface area contributed by atoms with Gasteiger partial charge in [0.15, 0.2) is 0 Å². The van der Waals surface area contributed by atoms with Gasteiger partial charge in [-0.1, -0.05) is 27.7 Å². The summed E-state index contributed by atoms with van der Waals surface area (Å²) in [5.74, 6) is 0.658. The Hall–Kier alpha value is -0.570. The highest BCUT2D eigenvalue weighted by Crippen LogP contribution is 2.22. The molecule has 0 aromatic rings. The molecule has 88 valence electrons. The first-order valence-corrected chi connectivity index (χ1v) is 6.11. The molecule has 1 saturated heterocycles. The van der Waals surface area contributed by atoms with Gasteiger partial charge < -0.3 is 4.90 Å². The van der Waals surface area contributed by atoms with Crippen molar-refractivity contribution in [3.05, 3.63) is 0 Å². The molecule has 1 aliphatic heterocycles. The molecule has 1 fully saturated rings. The van der Waals surface area contributed by atoms with Crippen LogP contribution in [0.15, 0.2) is 0 Å². The van der Waals surface area contributed by atoms with Crippen LogP contribution in [0.3, 0.4) is 0 Å². The van der Waals surface area contributed by atoms with E-state index in [0.29, 0.717) is 12.0 Å². The predicted molar refractivity (Wildman–Crippen MR) is 62.4 cm³/mol. The summed E-state index contributed by atoms with van der Waals surface area (Å²) in [5, 5.41) is 3.38. The highest BCUT2D eigenvalue weighted by atomic mass is 16.2. The molecule has 0 aromatic carbocycles. The van der Waals surface area contributed by atoms with Gasteiger partial charge in [-0.2, -0.15) is 0 Å². The van der Waals surface area contributed by atoms with Crippen molar-refractivity contribution in [3.63, 3.8) is 0 Å². The monoisotopic (exact) mass is 212 g/mol. The van der Waals surface area contributed by atoms with Crippen molar-refractivity contribution in [1.29, 1.82) is 0 Å². The Morgan fingerprint density at radius 2 is 1.87 bits per heavy atom. The second kappa shape index (κ2) is 4.97. The molecular weight excluding hydrogens is 188 g/mol. The van der Waals surface area contributed by atoms with Crippen molar-refractivity contribution in [2.24, 2.45) is 5.92 Å². The SMILES string of the molecule is CCC(CC)N1C(=O)C(C(C)C)NC1C. The first kappa shape index (κ1) is 12.5. The van der Waals surface area contributed by atoms with E-state index in [2.05, 4.69) is 39.9 Å². The van der Waals surface area contributed by atoms with Crippen LogP contribution in [0.25, 0.3) is 0 Å². The van der Waals surface area contributed by atoms with Crippen molar-refractivity contribution in [2.75, 3.05) is 0 Å². The average molecular weight is 212 g/mol. The van der Waals surface area contributed by atoms with E-state index in [4.69, 9.17) is 0 Å². The van der Waals surface area contributed by atoms with E-state index < -0.39 is 0 Å². The summed E-state index contributed by atoms with van der Waals surface area (Å²) >= 11 is 0. The molecule has 1 rings (SSSR count). The van der Waals surface area contributed by atoms with Gasteiger partial charge in [-0.25, -0.2) is 0 Å². The Morgan fingerprint density at radius 1 is 1.33 bits per heavy atom. The lowest BCUT2D eigenvalue weighted by molar-refractivity contribution is -0.132. The Labute approximate surface area is 93.2 Å². The summed E-state index contributed by atoms with van der Waals surface area (Å²) in [7, 11) is 0. The highest BCUT2D eigenvalue weighted by molar-refractivity contribution is 5.84. The summed E-state index contributed by atoms with van der Waals surface area (Å²) in [6, 6.07) is 0.407. The second-order valence-electron chi connectivity index (χ2n) is 4.78. The van der Waals surface area contributed by atoms with E-state index in [0.717, 1.165) is 12.8 Å². The van der Waals surface area contributed by atoms with E-state index in [1.165, 1.54) is 0 Å². The molecular formula is C12H24N2O. The number of amides is 1. The van der Waals surface area contributed by atoms with Gasteiger partial charge in [0.05, 0.1) is 12.2 Å². The third kappa shape index (κ3) is 2.33. The van der Waals surface area contributed by atoms with Crippen LogP contribution < -0.4 is 5.32 Å². The minimum atomic E-state index is 0.0144. The summed E-state index contributed by atoms with van der Waals surface area (Å²) in [4.78, 5) is 14.2. The van der Waals surface area contributed by atoms with Gasteiger partial charge in [0.2, 0.25) is 5.91 Å². The van der Waals surface area contributed by atoms with E-state index in [-0.39, 0.29) is 18.1 Å². The van der Waals surface area contributed by atoms with Gasteiger partial charge in [-0.15, -0.1) is 0 Å². The average Bonchev–Trinajstić information content (AvgIpc) is 2.47. The molecule has 1 N–H and O–H groups in total. The van der Waals surface area contributed by atoms with Gasteiger partial charge in [0, 0.05) is 6.04 Å². The van der Waals surface area contributed by atoms with E-state index >= 15 is 0 Å². The first-order valence-electron chi connectivity index (χ1n) is 6.11. The number of carbonyl (C=O) groups is 1. The number of nitrogens with one attached hydrogen (secondary N) is 1. The standard InChI is InChI=1S/C12H24N2O/c1-6-10(7-2)14-9(5)13-11(8(3)4)12(14)15/h8-11,13H,6-7H2,1-5H3. The molecule has 1 amide bonds. The molecule has 3 nitrogen and oxygen atoms in total. The summed E-state index contributed by atoms with van der Waals surface area (Å²) in [6.07, 6.45) is 2.27. The van der Waals surface area contributed by atoms with Crippen LogP contribution in [0.1, 0.15) is 47.5 Å². The van der Waals surface area contributed by atoms with E-state index in [9.17, 15) is 4.79 Å². The minimum absolute atomic E-state index is 0.0144. The predicted octanol–water partition coefficient (Wildman–Crippen LogP) is 1.98. The molecule has 0 aliphatic carbocycles. The maximum atomic E-state index is 12.2. The van der Waals surface area contributed by atoms with Crippen LogP contribution in [0.4, 0.5) is 0 Å². The van der Waals surface area contributed by atoms with Crippen LogP contribution in [0, 0.1) is 5.92 Å². The van der Waals surface area contributed by atoms with Crippen molar-refractivity contribution >= 4 is 5.91 Å². The molecule has 0 bridgehead atoms. The van der Waals surface area contributed by atoms with E-state index in [1.807, 2.05) is 4.90 Å². The third-order valence-corrected chi connectivity index (χ3v) is 3.36. The molecule has 1 heterocycles. The van der Waals surface area contributed by atoms with E-state index in [1.54, 1.807) is 0 Å². The van der Waals surface area contributed by atoms with Crippen LogP contribution >= 0.6 is 0 Å². The molecule has 0 saturated carbocycles. The largest absolute Gasteiger partial charge is 0.323 e. The van der Waals surface area contributed by atoms with Crippen LogP contribution in [0.2, 0.25) is 0 Å². The summed E-state index contributed by atoms with van der Waals surface area (Å²) in [6.45, 7) is 10.6. The lowest BCUT2D eigenvalue weighted by atomic mass is 10.0. The fraction of sp³-hybridized carbons (Fsp3) is 0.917. The van der Waals surface area contributed by atoms with Crippen molar-refractivity contribution < 1.29 is 4.79 Å². The number of nitrogens with zero attached hydrogens (tertiary/aromatic N) is 1. The topological polar surface area (TPSA) is 32.3 Å². The van der Waals surface area contributed by atoms with Gasteiger partial charge in [-0.05, 0) is 25.7 Å². The third-order valence-electron chi connectivity index (χ3n) is 3.36. The first-order chi connectivity index (χ1) is 7.02. The lowest BCUT2D eigenvalue weighted by Crippen LogP contribution is -2.42. The molecule has 2 atom stereocenters. The van der Waals surface area contributed by atoms with Gasteiger partial charge in [0.1, 0.15) is 0 Å². The molecule has 0 aromatic heterocycles. The van der Waals surface area contributed by atoms with Crippen molar-refractivity contribution in [2.45, 2.75) is 65.7 Å². The Morgan fingerprint density at radius 3 is 2.20 bits per heavy atom. The Balaban J connectivity index is 2.78. The maximum Gasteiger partial charge on any atom is 0.241 e. The minimum Gasteiger partial charge on any atom is -0.323 e. The maximum absolute atomic E-state index is 12.2. The molecule has 3 heteroatoms. The Bertz CT molecular complexity index is 224. The van der Waals surface area contributed by atoms with Gasteiger partial charge >= 0.3 is 0 Å².